The Morgan fingerprint density at radius 2 is 2.09 bits per heavy atom. The smallest absolute Gasteiger partial charge is 0.251 e. The number of carbonyl (C=O) groups is 2. The molecule has 3 rings (SSSR count). The van der Waals surface area contributed by atoms with Crippen LogP contribution in [0.5, 0.6) is 0 Å². The SMILES string of the molecule is CC[C@H]1CCc2c(sc(NC(=O)[C@@]3(C)CC3(Br)Br)c2C(N)=O)C1. The molecule has 2 atom stereocenters. The molecule has 0 spiro atoms. The topological polar surface area (TPSA) is 72.2 Å². The summed E-state index contributed by atoms with van der Waals surface area (Å²) in [5, 5.41) is 3.58. The molecule has 23 heavy (non-hydrogen) atoms. The average molecular weight is 464 g/mol. The molecule has 1 saturated carbocycles. The normalized spacial score (nSPS) is 28.1. The summed E-state index contributed by atoms with van der Waals surface area (Å²) in [6.07, 6.45) is 4.78. The molecule has 3 N–H and O–H groups in total. The van der Waals surface area contributed by atoms with Crippen molar-refractivity contribution in [1.29, 1.82) is 0 Å². The van der Waals surface area contributed by atoms with Crippen molar-refractivity contribution in [2.45, 2.75) is 49.2 Å². The van der Waals surface area contributed by atoms with Gasteiger partial charge in [0, 0.05) is 4.88 Å². The molecule has 1 fully saturated rings. The molecule has 0 bridgehead atoms. The molecule has 1 aromatic rings. The van der Waals surface area contributed by atoms with Gasteiger partial charge in [-0.2, -0.15) is 0 Å². The number of hydrogen-bond donors (Lipinski definition) is 2. The van der Waals surface area contributed by atoms with Crippen molar-refractivity contribution < 1.29 is 9.59 Å². The molecule has 0 aliphatic heterocycles. The summed E-state index contributed by atoms with van der Waals surface area (Å²) in [5.74, 6) is 0.126. The number of primary amides is 1. The fourth-order valence-corrected chi connectivity index (χ4v) is 6.08. The molecular weight excluding hydrogens is 444 g/mol. The van der Waals surface area contributed by atoms with E-state index in [4.69, 9.17) is 5.73 Å². The number of nitrogens with two attached hydrogens (primary N) is 1. The van der Waals surface area contributed by atoms with Crippen LogP contribution in [0.25, 0.3) is 0 Å². The third-order valence-corrected chi connectivity index (χ3v) is 8.66. The van der Waals surface area contributed by atoms with Gasteiger partial charge in [0.15, 0.2) is 0 Å². The highest BCUT2D eigenvalue weighted by molar-refractivity contribution is 9.25. The van der Waals surface area contributed by atoms with Crippen LogP contribution >= 0.6 is 43.2 Å². The molecule has 4 nitrogen and oxygen atoms in total. The maximum Gasteiger partial charge on any atom is 0.251 e. The number of fused-ring (bicyclic) bond motifs is 1. The van der Waals surface area contributed by atoms with E-state index >= 15 is 0 Å². The number of alkyl halides is 2. The Hall–Kier alpha value is -0.400. The molecule has 0 aromatic carbocycles. The van der Waals surface area contributed by atoms with Gasteiger partial charge in [-0.25, -0.2) is 0 Å². The highest BCUT2D eigenvalue weighted by Gasteiger charge is 2.66. The van der Waals surface area contributed by atoms with Gasteiger partial charge < -0.3 is 11.1 Å². The van der Waals surface area contributed by atoms with E-state index in [2.05, 4.69) is 44.1 Å². The van der Waals surface area contributed by atoms with Gasteiger partial charge in [-0.1, -0.05) is 45.2 Å². The fraction of sp³-hybridized carbons (Fsp3) is 0.625. The summed E-state index contributed by atoms with van der Waals surface area (Å²) in [5.41, 5.74) is 6.66. The van der Waals surface area contributed by atoms with Crippen LogP contribution in [-0.4, -0.2) is 15.0 Å². The predicted molar refractivity (Wildman–Crippen MR) is 101 cm³/mol. The van der Waals surface area contributed by atoms with E-state index in [1.807, 2.05) is 6.92 Å². The molecule has 2 aliphatic rings. The Morgan fingerprint density at radius 1 is 1.43 bits per heavy atom. The lowest BCUT2D eigenvalue weighted by molar-refractivity contribution is -0.120. The summed E-state index contributed by atoms with van der Waals surface area (Å²) in [6.45, 7) is 4.09. The zero-order valence-corrected chi connectivity index (χ0v) is 17.2. The average Bonchev–Trinajstić information content (AvgIpc) is 2.84. The number of thiophene rings is 1. The van der Waals surface area contributed by atoms with Crippen LogP contribution in [0.1, 0.15) is 53.9 Å². The number of anilines is 1. The van der Waals surface area contributed by atoms with E-state index in [1.54, 1.807) is 0 Å². The molecule has 126 valence electrons. The highest BCUT2D eigenvalue weighted by atomic mass is 79.9. The van der Waals surface area contributed by atoms with Crippen LogP contribution in [0.15, 0.2) is 0 Å². The molecule has 1 aromatic heterocycles. The second kappa shape index (κ2) is 5.85. The third kappa shape index (κ3) is 2.89. The summed E-state index contributed by atoms with van der Waals surface area (Å²) < 4.78 is -0.353. The van der Waals surface area contributed by atoms with Crippen molar-refractivity contribution >= 4 is 60.0 Å². The quantitative estimate of drug-likeness (QED) is 0.656. The molecule has 0 unspecified atom stereocenters. The number of carbonyl (C=O) groups excluding carboxylic acids is 2. The van der Waals surface area contributed by atoms with Crippen LogP contribution in [0, 0.1) is 11.3 Å². The lowest BCUT2D eigenvalue weighted by atomic mass is 9.85. The molecule has 0 saturated heterocycles. The number of amides is 2. The fourth-order valence-electron chi connectivity index (χ4n) is 3.24. The molecule has 2 amide bonds. The second-order valence-corrected chi connectivity index (χ2v) is 11.6. The van der Waals surface area contributed by atoms with Crippen LogP contribution in [0.3, 0.4) is 0 Å². The van der Waals surface area contributed by atoms with Gasteiger partial charge in [-0.3, -0.25) is 9.59 Å². The summed E-state index contributed by atoms with van der Waals surface area (Å²) in [7, 11) is 0. The van der Waals surface area contributed by atoms with E-state index in [-0.39, 0.29) is 9.14 Å². The monoisotopic (exact) mass is 462 g/mol. The van der Waals surface area contributed by atoms with Crippen LogP contribution in [0.2, 0.25) is 0 Å². The van der Waals surface area contributed by atoms with Crippen molar-refractivity contribution in [3.8, 4) is 0 Å². The first-order valence-electron chi connectivity index (χ1n) is 7.83. The van der Waals surface area contributed by atoms with Gasteiger partial charge in [0.1, 0.15) is 5.00 Å². The second-order valence-electron chi connectivity index (χ2n) is 6.76. The van der Waals surface area contributed by atoms with E-state index in [1.165, 1.54) is 16.2 Å². The van der Waals surface area contributed by atoms with Gasteiger partial charge in [0.2, 0.25) is 5.91 Å². The first-order chi connectivity index (χ1) is 10.7. The molecular formula is C16H20Br2N2O2S. The standard InChI is InChI=1S/C16H20Br2N2O2S/c1-3-8-4-5-9-10(6-8)23-13(11(9)12(19)21)20-14(22)15(2)7-16(15,17)18/h8H,3-7H2,1-2H3,(H2,19,21)(H,20,22)/t8-,15+/m0/s1. The maximum absolute atomic E-state index is 12.6. The Labute approximate surface area is 156 Å². The summed E-state index contributed by atoms with van der Waals surface area (Å²) in [6, 6.07) is 0. The Bertz CT molecular complexity index is 686. The zero-order chi connectivity index (χ0) is 17.0. The van der Waals surface area contributed by atoms with Gasteiger partial charge in [-0.15, -0.1) is 11.3 Å². The lowest BCUT2D eigenvalue weighted by Crippen LogP contribution is -2.26. The number of nitrogens with one attached hydrogen (secondary N) is 1. The van der Waals surface area contributed by atoms with Crippen LogP contribution < -0.4 is 11.1 Å². The number of halogens is 2. The molecule has 2 aliphatic carbocycles. The maximum atomic E-state index is 12.6. The van der Waals surface area contributed by atoms with Crippen molar-refractivity contribution in [2.75, 3.05) is 5.32 Å². The molecule has 0 radical (unpaired) electrons. The Kier molecular flexibility index (Phi) is 4.43. The summed E-state index contributed by atoms with van der Waals surface area (Å²) in [4.78, 5) is 25.7. The minimum atomic E-state index is -0.516. The van der Waals surface area contributed by atoms with Crippen LogP contribution in [-0.2, 0) is 17.6 Å². The van der Waals surface area contributed by atoms with Crippen molar-refractivity contribution in [2.24, 2.45) is 17.1 Å². The first-order valence-corrected chi connectivity index (χ1v) is 10.2. The minimum Gasteiger partial charge on any atom is -0.365 e. The first kappa shape index (κ1) is 17.4. The van der Waals surface area contributed by atoms with E-state index in [0.717, 1.165) is 31.2 Å². The van der Waals surface area contributed by atoms with E-state index in [9.17, 15) is 9.59 Å². The molecule has 1 heterocycles. The summed E-state index contributed by atoms with van der Waals surface area (Å²) >= 11 is 8.54. The zero-order valence-electron chi connectivity index (χ0n) is 13.2. The van der Waals surface area contributed by atoms with Gasteiger partial charge >= 0.3 is 0 Å². The van der Waals surface area contributed by atoms with Gasteiger partial charge in [0.05, 0.1) is 14.2 Å². The molecule has 7 heteroatoms. The largest absolute Gasteiger partial charge is 0.365 e. The highest BCUT2D eigenvalue weighted by Crippen LogP contribution is 2.66. The minimum absolute atomic E-state index is 0.0839. The van der Waals surface area contributed by atoms with E-state index in [0.29, 0.717) is 22.9 Å². The van der Waals surface area contributed by atoms with Crippen molar-refractivity contribution in [3.05, 3.63) is 16.0 Å². The van der Waals surface area contributed by atoms with Crippen LogP contribution in [0.4, 0.5) is 5.00 Å². The van der Waals surface area contributed by atoms with Crippen molar-refractivity contribution in [3.63, 3.8) is 0 Å². The lowest BCUT2D eigenvalue weighted by Gasteiger charge is -2.20. The van der Waals surface area contributed by atoms with Gasteiger partial charge in [0.25, 0.3) is 5.91 Å². The number of hydrogen-bond acceptors (Lipinski definition) is 3. The third-order valence-electron chi connectivity index (χ3n) is 5.18. The Morgan fingerprint density at radius 3 is 2.61 bits per heavy atom. The predicted octanol–water partition coefficient (Wildman–Crippen LogP) is 4.20. The van der Waals surface area contributed by atoms with E-state index < -0.39 is 11.3 Å². The van der Waals surface area contributed by atoms with Crippen molar-refractivity contribution in [1.82, 2.24) is 0 Å². The van der Waals surface area contributed by atoms with Gasteiger partial charge in [-0.05, 0) is 44.1 Å². The number of rotatable bonds is 4. The Balaban J connectivity index is 1.90.